The lowest BCUT2D eigenvalue weighted by Gasteiger charge is -2.15. The van der Waals surface area contributed by atoms with E-state index in [9.17, 15) is 5.21 Å². The molecule has 0 aromatic carbocycles. The van der Waals surface area contributed by atoms with Crippen molar-refractivity contribution in [3.8, 4) is 0 Å². The highest BCUT2D eigenvalue weighted by molar-refractivity contribution is 4.99. The predicted molar refractivity (Wildman–Crippen MR) is 51.4 cm³/mol. The second-order valence-corrected chi connectivity index (χ2v) is 2.69. The summed E-state index contributed by atoms with van der Waals surface area (Å²) in [4.78, 5) is 0. The molecular weight excluding hydrogens is 182 g/mol. The van der Waals surface area contributed by atoms with Gasteiger partial charge in [0.25, 0.3) is 0 Å². The lowest BCUT2D eigenvalue weighted by atomic mass is 10.3. The Balaban J connectivity index is 2.81. The van der Waals surface area contributed by atoms with E-state index in [2.05, 4.69) is 0 Å². The summed E-state index contributed by atoms with van der Waals surface area (Å²) in [5, 5.41) is 11.4. The van der Waals surface area contributed by atoms with Crippen molar-refractivity contribution in [2.75, 3.05) is 13.2 Å². The Labute approximate surface area is 83.7 Å². The molecule has 0 radical (unpaired) electrons. The van der Waals surface area contributed by atoms with Crippen molar-refractivity contribution in [2.24, 2.45) is 0 Å². The van der Waals surface area contributed by atoms with E-state index >= 15 is 0 Å². The zero-order chi connectivity index (χ0) is 10.4. The molecule has 14 heavy (non-hydrogen) atoms. The van der Waals surface area contributed by atoms with Gasteiger partial charge in [-0.3, -0.25) is 0 Å². The fourth-order valence-electron chi connectivity index (χ4n) is 1.15. The van der Waals surface area contributed by atoms with Gasteiger partial charge in [0.2, 0.25) is 12.0 Å². The molecule has 0 unspecified atom stereocenters. The normalized spacial score (nSPS) is 10.8. The molecule has 4 heteroatoms. The molecule has 0 fully saturated rings. The second kappa shape index (κ2) is 5.57. The molecule has 0 bridgehead atoms. The van der Waals surface area contributed by atoms with Crippen molar-refractivity contribution in [1.82, 2.24) is 0 Å². The van der Waals surface area contributed by atoms with Gasteiger partial charge in [0.1, 0.15) is 0 Å². The average Bonchev–Trinajstić information content (AvgIpc) is 2.18. The lowest BCUT2D eigenvalue weighted by molar-refractivity contribution is -0.623. The maximum Gasteiger partial charge on any atom is 0.249 e. The summed E-state index contributed by atoms with van der Waals surface area (Å²) in [6, 6.07) is 5.16. The van der Waals surface area contributed by atoms with Gasteiger partial charge in [-0.15, -0.1) is 0 Å². The molecule has 0 saturated heterocycles. The standard InChI is InChI=1S/C10H15NO3/c1-3-13-10(14-4-2)9-7-5-6-8-11(9)12/h5-8,10H,3-4H2,1-2H3. The minimum absolute atomic E-state index is 0.483. The summed E-state index contributed by atoms with van der Waals surface area (Å²) in [5.74, 6) is 0. The Kier molecular flexibility index (Phi) is 4.35. The van der Waals surface area contributed by atoms with Crippen LogP contribution in [0.1, 0.15) is 25.8 Å². The van der Waals surface area contributed by atoms with E-state index in [0.717, 1.165) is 4.73 Å². The molecule has 1 heterocycles. The van der Waals surface area contributed by atoms with Crippen LogP contribution in [0.25, 0.3) is 0 Å². The van der Waals surface area contributed by atoms with Crippen molar-refractivity contribution in [3.63, 3.8) is 0 Å². The van der Waals surface area contributed by atoms with Gasteiger partial charge in [0, 0.05) is 25.3 Å². The van der Waals surface area contributed by atoms with Gasteiger partial charge in [-0.1, -0.05) is 0 Å². The van der Waals surface area contributed by atoms with E-state index in [1.165, 1.54) is 6.20 Å². The molecule has 0 aliphatic heterocycles. The molecule has 0 aliphatic rings. The maximum absolute atomic E-state index is 11.4. The summed E-state index contributed by atoms with van der Waals surface area (Å²) < 4.78 is 11.4. The molecular formula is C10H15NO3. The summed E-state index contributed by atoms with van der Waals surface area (Å²) in [5.41, 5.74) is 0.483. The molecule has 0 aliphatic carbocycles. The van der Waals surface area contributed by atoms with Gasteiger partial charge >= 0.3 is 0 Å². The number of hydrogen-bond acceptors (Lipinski definition) is 3. The van der Waals surface area contributed by atoms with Crippen LogP contribution in [-0.2, 0) is 9.47 Å². The third-order valence-electron chi connectivity index (χ3n) is 1.73. The number of ether oxygens (including phenoxy) is 2. The number of hydrogen-bond donors (Lipinski definition) is 0. The van der Waals surface area contributed by atoms with Gasteiger partial charge in [-0.05, 0) is 19.9 Å². The van der Waals surface area contributed by atoms with E-state index in [4.69, 9.17) is 9.47 Å². The highest BCUT2D eigenvalue weighted by Crippen LogP contribution is 2.14. The first-order chi connectivity index (χ1) is 6.79. The molecule has 1 rings (SSSR count). The fourth-order valence-corrected chi connectivity index (χ4v) is 1.15. The molecule has 0 atom stereocenters. The molecule has 4 nitrogen and oxygen atoms in total. The van der Waals surface area contributed by atoms with Crippen LogP contribution < -0.4 is 4.73 Å². The van der Waals surface area contributed by atoms with Crippen molar-refractivity contribution in [2.45, 2.75) is 20.1 Å². The Morgan fingerprint density at radius 2 is 1.93 bits per heavy atom. The smallest absolute Gasteiger partial charge is 0.249 e. The number of nitrogens with zero attached hydrogens (tertiary/aromatic N) is 1. The van der Waals surface area contributed by atoms with Crippen LogP contribution in [-0.4, -0.2) is 13.2 Å². The number of pyridine rings is 1. The van der Waals surface area contributed by atoms with E-state index in [-0.39, 0.29) is 0 Å². The van der Waals surface area contributed by atoms with Crippen molar-refractivity contribution >= 4 is 0 Å². The van der Waals surface area contributed by atoms with Gasteiger partial charge in [0.05, 0.1) is 0 Å². The highest BCUT2D eigenvalue weighted by Gasteiger charge is 2.19. The van der Waals surface area contributed by atoms with Gasteiger partial charge in [-0.25, -0.2) is 0 Å². The summed E-state index contributed by atoms with van der Waals surface area (Å²) in [7, 11) is 0. The Hall–Kier alpha value is -1.13. The molecule has 0 saturated carbocycles. The SMILES string of the molecule is CCOC(OCC)c1cccc[n+]1[O-]. The van der Waals surface area contributed by atoms with Crippen LogP contribution in [0.5, 0.6) is 0 Å². The fraction of sp³-hybridized carbons (Fsp3) is 0.500. The molecule has 0 spiro atoms. The Bertz CT molecular complexity index is 272. The van der Waals surface area contributed by atoms with Crippen molar-refractivity contribution in [1.29, 1.82) is 0 Å². The summed E-state index contributed by atoms with van der Waals surface area (Å²) in [6.45, 7) is 4.76. The Morgan fingerprint density at radius 1 is 1.29 bits per heavy atom. The highest BCUT2D eigenvalue weighted by atomic mass is 16.7. The zero-order valence-electron chi connectivity index (χ0n) is 8.47. The van der Waals surface area contributed by atoms with Gasteiger partial charge in [0.15, 0.2) is 6.20 Å². The molecule has 78 valence electrons. The van der Waals surface area contributed by atoms with Crippen LogP contribution in [0, 0.1) is 5.21 Å². The predicted octanol–water partition coefficient (Wildman–Crippen LogP) is 1.39. The monoisotopic (exact) mass is 197 g/mol. The first-order valence-corrected chi connectivity index (χ1v) is 4.70. The van der Waals surface area contributed by atoms with Crippen LogP contribution in [0.2, 0.25) is 0 Å². The Morgan fingerprint density at radius 3 is 2.43 bits per heavy atom. The van der Waals surface area contributed by atoms with E-state index in [1.807, 2.05) is 13.8 Å². The van der Waals surface area contributed by atoms with Crippen LogP contribution >= 0.6 is 0 Å². The van der Waals surface area contributed by atoms with Crippen molar-refractivity contribution in [3.05, 3.63) is 35.3 Å². The largest absolute Gasteiger partial charge is 0.618 e. The minimum atomic E-state index is -0.566. The second-order valence-electron chi connectivity index (χ2n) is 2.69. The van der Waals surface area contributed by atoms with Crippen LogP contribution in [0.15, 0.2) is 24.4 Å². The lowest BCUT2D eigenvalue weighted by Crippen LogP contribution is -2.34. The molecule has 0 N–H and O–H groups in total. The molecule has 1 aromatic heterocycles. The molecule has 1 aromatic rings. The van der Waals surface area contributed by atoms with E-state index in [0.29, 0.717) is 18.9 Å². The van der Waals surface area contributed by atoms with E-state index in [1.54, 1.807) is 18.2 Å². The number of rotatable bonds is 5. The van der Waals surface area contributed by atoms with Gasteiger partial charge in [-0.2, -0.15) is 4.73 Å². The zero-order valence-corrected chi connectivity index (χ0v) is 8.47. The first kappa shape index (κ1) is 10.9. The topological polar surface area (TPSA) is 45.4 Å². The quantitative estimate of drug-likeness (QED) is 0.407. The van der Waals surface area contributed by atoms with Crippen molar-refractivity contribution < 1.29 is 14.2 Å². The minimum Gasteiger partial charge on any atom is -0.618 e. The summed E-state index contributed by atoms with van der Waals surface area (Å²) in [6.07, 6.45) is 0.865. The number of aromatic nitrogens is 1. The van der Waals surface area contributed by atoms with Crippen LogP contribution in [0.4, 0.5) is 0 Å². The van der Waals surface area contributed by atoms with Gasteiger partial charge < -0.3 is 14.7 Å². The average molecular weight is 197 g/mol. The first-order valence-electron chi connectivity index (χ1n) is 4.70. The van der Waals surface area contributed by atoms with E-state index < -0.39 is 6.29 Å². The molecule has 0 amide bonds. The maximum atomic E-state index is 11.4. The third kappa shape index (κ3) is 2.68. The third-order valence-corrected chi connectivity index (χ3v) is 1.73. The summed E-state index contributed by atoms with van der Waals surface area (Å²) >= 11 is 0. The van der Waals surface area contributed by atoms with Crippen LogP contribution in [0.3, 0.4) is 0 Å².